The van der Waals surface area contributed by atoms with Gasteiger partial charge in [0.2, 0.25) is 0 Å². The smallest absolute Gasteiger partial charge is 0.154 e. The molecule has 18 heavy (non-hydrogen) atoms. The molecule has 0 bridgehead atoms. The Balaban J connectivity index is 4.50. The summed E-state index contributed by atoms with van der Waals surface area (Å²) in [7, 11) is 0.345. The molecule has 0 spiro atoms. The van der Waals surface area contributed by atoms with Gasteiger partial charge in [0.05, 0.1) is 13.8 Å². The van der Waals surface area contributed by atoms with Crippen LogP contribution in [0.5, 0.6) is 0 Å². The summed E-state index contributed by atoms with van der Waals surface area (Å²) < 4.78 is 11.4. The maximum atomic E-state index is 6.11. The van der Waals surface area contributed by atoms with Crippen molar-refractivity contribution in [3.63, 3.8) is 0 Å². The number of ether oxygens (including phenoxy) is 2. The first-order chi connectivity index (χ1) is 8.47. The SMILES string of the molecule is C/C=C/C[Si](C)(C)C(CCCCC)OC(C)OC. The van der Waals surface area contributed by atoms with Crippen molar-refractivity contribution in [2.24, 2.45) is 0 Å². The highest BCUT2D eigenvalue weighted by Gasteiger charge is 2.32. The molecule has 2 atom stereocenters. The number of hydrogen-bond donors (Lipinski definition) is 0. The van der Waals surface area contributed by atoms with Crippen molar-refractivity contribution >= 4 is 8.07 Å². The predicted octanol–water partition coefficient (Wildman–Crippen LogP) is 4.77. The van der Waals surface area contributed by atoms with Crippen molar-refractivity contribution in [3.05, 3.63) is 12.2 Å². The van der Waals surface area contributed by atoms with Crippen molar-refractivity contribution in [2.75, 3.05) is 7.11 Å². The van der Waals surface area contributed by atoms with Gasteiger partial charge in [-0.05, 0) is 26.3 Å². The quantitative estimate of drug-likeness (QED) is 0.247. The molecule has 0 amide bonds. The number of rotatable bonds is 10. The molecule has 3 heteroatoms. The van der Waals surface area contributed by atoms with Gasteiger partial charge in [0.1, 0.15) is 0 Å². The average molecular weight is 273 g/mol. The van der Waals surface area contributed by atoms with Gasteiger partial charge in [0, 0.05) is 7.11 Å². The summed E-state index contributed by atoms with van der Waals surface area (Å²) in [6, 6.07) is 1.19. The molecule has 0 radical (unpaired) electrons. The second-order valence-corrected chi connectivity index (χ2v) is 10.7. The van der Waals surface area contributed by atoms with Crippen molar-refractivity contribution < 1.29 is 9.47 Å². The summed E-state index contributed by atoms with van der Waals surface area (Å²) >= 11 is 0. The number of methoxy groups -OCH3 is 1. The Hall–Kier alpha value is -0.123. The van der Waals surface area contributed by atoms with E-state index >= 15 is 0 Å². The highest BCUT2D eigenvalue weighted by Crippen LogP contribution is 2.24. The highest BCUT2D eigenvalue weighted by atomic mass is 28.3. The van der Waals surface area contributed by atoms with Gasteiger partial charge < -0.3 is 9.47 Å². The van der Waals surface area contributed by atoms with E-state index < -0.39 is 8.07 Å². The van der Waals surface area contributed by atoms with E-state index in [-0.39, 0.29) is 6.29 Å². The zero-order chi connectivity index (χ0) is 14.0. The van der Waals surface area contributed by atoms with Gasteiger partial charge in [-0.25, -0.2) is 0 Å². The monoisotopic (exact) mass is 272 g/mol. The van der Waals surface area contributed by atoms with Crippen LogP contribution < -0.4 is 0 Å². The maximum Gasteiger partial charge on any atom is 0.154 e. The van der Waals surface area contributed by atoms with Crippen LogP contribution >= 0.6 is 0 Å². The van der Waals surface area contributed by atoms with E-state index in [1.165, 1.54) is 31.7 Å². The molecular weight excluding hydrogens is 240 g/mol. The van der Waals surface area contributed by atoms with E-state index in [1.54, 1.807) is 7.11 Å². The zero-order valence-electron chi connectivity index (χ0n) is 13.2. The van der Waals surface area contributed by atoms with Crippen molar-refractivity contribution in [2.45, 2.75) is 77.6 Å². The van der Waals surface area contributed by atoms with Crippen LogP contribution in [-0.2, 0) is 9.47 Å². The lowest BCUT2D eigenvalue weighted by Crippen LogP contribution is -2.44. The molecule has 0 saturated heterocycles. The Labute approximate surface area is 115 Å². The molecule has 0 saturated carbocycles. The van der Waals surface area contributed by atoms with Gasteiger partial charge >= 0.3 is 0 Å². The summed E-state index contributed by atoms with van der Waals surface area (Å²) in [5, 5.41) is 0. The van der Waals surface area contributed by atoms with E-state index in [2.05, 4.69) is 39.1 Å². The van der Waals surface area contributed by atoms with E-state index in [9.17, 15) is 0 Å². The minimum atomic E-state index is -1.37. The van der Waals surface area contributed by atoms with Crippen molar-refractivity contribution in [3.8, 4) is 0 Å². The molecule has 0 aliphatic rings. The van der Waals surface area contributed by atoms with Crippen molar-refractivity contribution in [1.29, 1.82) is 0 Å². The van der Waals surface area contributed by atoms with E-state index in [0.717, 1.165) is 0 Å². The molecular formula is C15H32O2Si. The van der Waals surface area contributed by atoms with Gasteiger partial charge in [-0.15, -0.1) is 0 Å². The molecule has 0 aromatic rings. The molecule has 2 unspecified atom stereocenters. The predicted molar refractivity (Wildman–Crippen MR) is 82.6 cm³/mol. The van der Waals surface area contributed by atoms with Gasteiger partial charge in [-0.3, -0.25) is 0 Å². The Morgan fingerprint density at radius 1 is 1.22 bits per heavy atom. The molecule has 0 rings (SSSR count). The standard InChI is InChI=1S/C15H32O2Si/c1-7-9-11-12-15(17-14(3)16-4)18(5,6)13-10-8-2/h8,10,14-15H,7,9,11-13H2,1-6H3/b10-8+. The van der Waals surface area contributed by atoms with Crippen molar-refractivity contribution in [1.82, 2.24) is 0 Å². The van der Waals surface area contributed by atoms with Gasteiger partial charge in [-0.2, -0.15) is 0 Å². The Bertz CT molecular complexity index is 227. The highest BCUT2D eigenvalue weighted by molar-refractivity contribution is 6.79. The Morgan fingerprint density at radius 3 is 2.39 bits per heavy atom. The lowest BCUT2D eigenvalue weighted by molar-refractivity contribution is -0.127. The summed E-state index contributed by atoms with van der Waals surface area (Å²) in [5.41, 5.74) is 0.398. The second-order valence-electron chi connectivity index (χ2n) is 5.69. The fourth-order valence-corrected chi connectivity index (χ4v) is 4.71. The molecule has 0 aliphatic heterocycles. The zero-order valence-corrected chi connectivity index (χ0v) is 14.2. The molecule has 0 fully saturated rings. The lowest BCUT2D eigenvalue weighted by Gasteiger charge is -2.33. The second kappa shape index (κ2) is 9.76. The third kappa shape index (κ3) is 7.34. The maximum absolute atomic E-state index is 6.11. The largest absolute Gasteiger partial charge is 0.356 e. The lowest BCUT2D eigenvalue weighted by atomic mass is 10.2. The molecule has 2 nitrogen and oxygen atoms in total. The van der Waals surface area contributed by atoms with Crippen LogP contribution in [0.3, 0.4) is 0 Å². The van der Waals surface area contributed by atoms with Crippen LogP contribution in [0.4, 0.5) is 0 Å². The molecule has 0 N–H and O–H groups in total. The fourth-order valence-electron chi connectivity index (χ4n) is 2.06. The summed E-state index contributed by atoms with van der Waals surface area (Å²) in [6.45, 7) is 11.2. The van der Waals surface area contributed by atoms with Crippen LogP contribution in [0.1, 0.15) is 46.5 Å². The summed E-state index contributed by atoms with van der Waals surface area (Å²) in [5.74, 6) is 0. The molecule has 108 valence electrons. The van der Waals surface area contributed by atoms with E-state index in [1.807, 2.05) is 6.92 Å². The summed E-state index contributed by atoms with van der Waals surface area (Å²) in [4.78, 5) is 0. The minimum absolute atomic E-state index is 0.0889. The van der Waals surface area contributed by atoms with E-state index in [0.29, 0.717) is 5.73 Å². The fraction of sp³-hybridized carbons (Fsp3) is 0.867. The third-order valence-electron chi connectivity index (χ3n) is 3.51. The van der Waals surface area contributed by atoms with E-state index in [4.69, 9.17) is 9.47 Å². The Morgan fingerprint density at radius 2 is 1.89 bits per heavy atom. The van der Waals surface area contributed by atoms with Gasteiger partial charge in [0.15, 0.2) is 6.29 Å². The minimum Gasteiger partial charge on any atom is -0.356 e. The topological polar surface area (TPSA) is 18.5 Å². The number of hydrogen-bond acceptors (Lipinski definition) is 2. The molecule has 0 aromatic carbocycles. The van der Waals surface area contributed by atoms with Crippen LogP contribution in [-0.4, -0.2) is 27.2 Å². The first-order valence-corrected chi connectivity index (χ1v) is 10.6. The van der Waals surface area contributed by atoms with Crippen LogP contribution in [0.2, 0.25) is 19.1 Å². The van der Waals surface area contributed by atoms with Crippen LogP contribution in [0, 0.1) is 0 Å². The van der Waals surface area contributed by atoms with Gasteiger partial charge in [-0.1, -0.05) is 51.4 Å². The first kappa shape index (κ1) is 17.9. The molecule has 0 aliphatic carbocycles. The third-order valence-corrected chi connectivity index (χ3v) is 6.96. The average Bonchev–Trinajstić information content (AvgIpc) is 2.35. The first-order valence-electron chi connectivity index (χ1n) is 7.27. The number of unbranched alkanes of at least 4 members (excludes halogenated alkanes) is 2. The number of allylic oxidation sites excluding steroid dienone is 2. The molecule has 0 heterocycles. The van der Waals surface area contributed by atoms with Gasteiger partial charge in [0.25, 0.3) is 0 Å². The van der Waals surface area contributed by atoms with Crippen LogP contribution in [0.25, 0.3) is 0 Å². The summed E-state index contributed by atoms with van der Waals surface area (Å²) in [6.07, 6.45) is 9.37. The van der Waals surface area contributed by atoms with Crippen LogP contribution in [0.15, 0.2) is 12.2 Å². The molecule has 0 aromatic heterocycles. The Kier molecular flexibility index (Phi) is 9.69. The normalized spacial score (nSPS) is 16.1.